The molecule has 0 saturated carbocycles. The minimum absolute atomic E-state index is 0.852. The van der Waals surface area contributed by atoms with Crippen LogP contribution in [0.25, 0.3) is 10.1 Å². The van der Waals surface area contributed by atoms with Crippen LogP contribution in [0.15, 0.2) is 24.3 Å². The lowest BCUT2D eigenvalue weighted by atomic mass is 10.2. The van der Waals surface area contributed by atoms with Crippen LogP contribution in [-0.2, 0) is 0 Å². The van der Waals surface area contributed by atoms with Crippen LogP contribution < -0.4 is 4.74 Å². The molecule has 1 nitrogen and oxygen atoms in total. The molecular weight excluding hydrogens is 156 g/mol. The quantitative estimate of drug-likeness (QED) is 0.628. The lowest BCUT2D eigenvalue weighted by molar-refractivity contribution is 0.420. The number of thiophene rings is 1. The summed E-state index contributed by atoms with van der Waals surface area (Å²) >= 11 is 1.59. The Balaban J connectivity index is 2.76. The highest BCUT2D eigenvalue weighted by atomic mass is 32.1. The van der Waals surface area contributed by atoms with Crippen molar-refractivity contribution in [1.29, 1.82) is 0 Å². The summed E-state index contributed by atoms with van der Waals surface area (Å²) in [6.07, 6.45) is 0. The molecule has 0 saturated heterocycles. The van der Waals surface area contributed by atoms with Crippen molar-refractivity contribution in [1.82, 2.24) is 0 Å². The van der Waals surface area contributed by atoms with E-state index in [1.165, 1.54) is 4.70 Å². The monoisotopic (exact) mass is 163 g/mol. The van der Waals surface area contributed by atoms with Crippen molar-refractivity contribution in [3.05, 3.63) is 29.6 Å². The van der Waals surface area contributed by atoms with Gasteiger partial charge in [0.2, 0.25) is 0 Å². The maximum atomic E-state index is 5.12. The summed E-state index contributed by atoms with van der Waals surface area (Å²) in [6.45, 7) is 0. The number of methoxy groups -OCH3 is 1. The highest BCUT2D eigenvalue weighted by molar-refractivity contribution is 7.17. The Labute approximate surface area is 69.2 Å². The fourth-order valence-corrected chi connectivity index (χ4v) is 1.86. The highest BCUT2D eigenvalue weighted by Crippen LogP contribution is 2.30. The lowest BCUT2D eigenvalue weighted by Gasteiger charge is -1.93. The standard InChI is InChI=1S/C9H7OS/c1-10-8-6-11-9-5-3-2-4-7(8)9/h2-5H,1H3. The molecule has 0 aliphatic carbocycles. The van der Waals surface area contributed by atoms with Crippen molar-refractivity contribution in [2.24, 2.45) is 0 Å². The Morgan fingerprint density at radius 1 is 1.36 bits per heavy atom. The summed E-state index contributed by atoms with van der Waals surface area (Å²) in [5.74, 6) is 0.852. The van der Waals surface area contributed by atoms with Gasteiger partial charge in [0.15, 0.2) is 0 Å². The molecule has 1 aromatic carbocycles. The molecule has 0 spiro atoms. The van der Waals surface area contributed by atoms with E-state index >= 15 is 0 Å². The van der Waals surface area contributed by atoms with Gasteiger partial charge in [-0.25, -0.2) is 0 Å². The number of hydrogen-bond donors (Lipinski definition) is 0. The van der Waals surface area contributed by atoms with E-state index in [-0.39, 0.29) is 0 Å². The first-order valence-corrected chi connectivity index (χ1v) is 4.16. The maximum Gasteiger partial charge on any atom is 0.146 e. The first-order chi connectivity index (χ1) is 5.42. The predicted octanol–water partition coefficient (Wildman–Crippen LogP) is 2.71. The third kappa shape index (κ3) is 0.994. The molecule has 0 aliphatic heterocycles. The van der Waals surface area contributed by atoms with E-state index in [4.69, 9.17) is 4.74 Å². The Morgan fingerprint density at radius 2 is 2.18 bits per heavy atom. The average Bonchev–Trinajstić information content (AvgIpc) is 2.47. The number of benzene rings is 1. The molecule has 0 unspecified atom stereocenters. The maximum absolute atomic E-state index is 5.12. The molecule has 1 heterocycles. The van der Waals surface area contributed by atoms with Gasteiger partial charge in [0.25, 0.3) is 0 Å². The van der Waals surface area contributed by atoms with E-state index in [0.717, 1.165) is 11.1 Å². The number of ether oxygens (including phenoxy) is 1. The summed E-state index contributed by atoms with van der Waals surface area (Å²) in [7, 11) is 1.67. The molecule has 0 atom stereocenters. The summed E-state index contributed by atoms with van der Waals surface area (Å²) in [4.78, 5) is 0. The molecule has 2 aromatic rings. The van der Waals surface area contributed by atoms with E-state index in [9.17, 15) is 0 Å². The van der Waals surface area contributed by atoms with Gasteiger partial charge >= 0.3 is 0 Å². The van der Waals surface area contributed by atoms with Crippen LogP contribution in [0.5, 0.6) is 5.75 Å². The smallest absolute Gasteiger partial charge is 0.146 e. The van der Waals surface area contributed by atoms with Crippen LogP contribution in [0.4, 0.5) is 0 Å². The van der Waals surface area contributed by atoms with Gasteiger partial charge in [-0.2, -0.15) is 0 Å². The molecule has 2 rings (SSSR count). The largest absolute Gasteiger partial charge is 0.495 e. The van der Waals surface area contributed by atoms with Gasteiger partial charge in [-0.1, -0.05) is 12.1 Å². The van der Waals surface area contributed by atoms with Crippen molar-refractivity contribution in [3.63, 3.8) is 0 Å². The van der Waals surface area contributed by atoms with Crippen molar-refractivity contribution in [2.75, 3.05) is 7.11 Å². The van der Waals surface area contributed by atoms with Crippen molar-refractivity contribution >= 4 is 21.4 Å². The Bertz CT molecular complexity index is 364. The van der Waals surface area contributed by atoms with Crippen LogP contribution in [0, 0.1) is 5.38 Å². The normalized spacial score (nSPS) is 10.3. The van der Waals surface area contributed by atoms with Crippen LogP contribution in [-0.4, -0.2) is 7.11 Å². The fraction of sp³-hybridized carbons (Fsp3) is 0.111. The summed E-state index contributed by atoms with van der Waals surface area (Å²) < 4.78 is 6.35. The molecule has 55 valence electrons. The Kier molecular flexibility index (Phi) is 1.55. The predicted molar refractivity (Wildman–Crippen MR) is 47.2 cm³/mol. The molecule has 0 N–H and O–H groups in total. The van der Waals surface area contributed by atoms with Crippen molar-refractivity contribution in [2.45, 2.75) is 0 Å². The van der Waals surface area contributed by atoms with E-state index in [1.807, 2.05) is 18.2 Å². The molecule has 0 bridgehead atoms. The van der Waals surface area contributed by atoms with E-state index < -0.39 is 0 Å². The zero-order valence-corrected chi connectivity index (χ0v) is 6.94. The molecule has 1 radical (unpaired) electrons. The second-order valence-electron chi connectivity index (χ2n) is 2.23. The minimum Gasteiger partial charge on any atom is -0.495 e. The SMILES string of the molecule is COc1[c]sc2ccccc12. The van der Waals surface area contributed by atoms with Crippen molar-refractivity contribution in [3.8, 4) is 5.75 Å². The molecular formula is C9H7OS. The first kappa shape index (κ1) is 6.68. The molecule has 1 aromatic heterocycles. The number of fused-ring (bicyclic) bond motifs is 1. The van der Waals surface area contributed by atoms with Gasteiger partial charge in [0, 0.05) is 10.1 Å². The molecule has 0 amide bonds. The molecule has 11 heavy (non-hydrogen) atoms. The van der Waals surface area contributed by atoms with Crippen LogP contribution in [0.2, 0.25) is 0 Å². The van der Waals surface area contributed by atoms with Gasteiger partial charge in [0.1, 0.15) is 5.75 Å². The third-order valence-electron chi connectivity index (χ3n) is 1.59. The zero-order valence-electron chi connectivity index (χ0n) is 6.13. The summed E-state index contributed by atoms with van der Waals surface area (Å²) in [6, 6.07) is 8.14. The van der Waals surface area contributed by atoms with E-state index in [2.05, 4.69) is 11.4 Å². The van der Waals surface area contributed by atoms with Crippen LogP contribution in [0.3, 0.4) is 0 Å². The summed E-state index contributed by atoms with van der Waals surface area (Å²) in [5, 5.41) is 4.24. The average molecular weight is 163 g/mol. The molecule has 0 aliphatic rings. The second-order valence-corrected chi connectivity index (χ2v) is 3.08. The van der Waals surface area contributed by atoms with Gasteiger partial charge in [-0.05, 0) is 12.1 Å². The summed E-state index contributed by atoms with van der Waals surface area (Å²) in [5.41, 5.74) is 0. The number of hydrogen-bond acceptors (Lipinski definition) is 2. The minimum atomic E-state index is 0.852. The Morgan fingerprint density at radius 3 is 3.00 bits per heavy atom. The topological polar surface area (TPSA) is 9.23 Å². The second kappa shape index (κ2) is 2.55. The van der Waals surface area contributed by atoms with Crippen LogP contribution in [0.1, 0.15) is 0 Å². The molecule has 2 heteroatoms. The first-order valence-electron chi connectivity index (χ1n) is 3.35. The number of rotatable bonds is 1. The van der Waals surface area contributed by atoms with Gasteiger partial charge in [0.05, 0.1) is 12.5 Å². The third-order valence-corrected chi connectivity index (χ3v) is 2.45. The van der Waals surface area contributed by atoms with Gasteiger partial charge < -0.3 is 4.74 Å². The van der Waals surface area contributed by atoms with Crippen molar-refractivity contribution < 1.29 is 4.74 Å². The lowest BCUT2D eigenvalue weighted by Crippen LogP contribution is -1.78. The molecule has 0 fully saturated rings. The highest BCUT2D eigenvalue weighted by Gasteiger charge is 2.01. The van der Waals surface area contributed by atoms with Gasteiger partial charge in [-0.3, -0.25) is 0 Å². The van der Waals surface area contributed by atoms with E-state index in [1.54, 1.807) is 18.4 Å². The zero-order chi connectivity index (χ0) is 7.68. The van der Waals surface area contributed by atoms with Gasteiger partial charge in [-0.15, -0.1) is 11.3 Å². The van der Waals surface area contributed by atoms with Crippen LogP contribution >= 0.6 is 11.3 Å². The fourth-order valence-electron chi connectivity index (χ4n) is 1.05. The van der Waals surface area contributed by atoms with E-state index in [0.29, 0.717) is 0 Å². The Hall–Kier alpha value is -1.02.